The van der Waals surface area contributed by atoms with Crippen LogP contribution in [0.25, 0.3) is 0 Å². The van der Waals surface area contributed by atoms with E-state index in [4.69, 9.17) is 12.2 Å². The van der Waals surface area contributed by atoms with E-state index in [0.717, 1.165) is 17.0 Å². The predicted octanol–water partition coefficient (Wildman–Crippen LogP) is 2.53. The van der Waals surface area contributed by atoms with Crippen LogP contribution in [0.4, 0.5) is 0 Å². The van der Waals surface area contributed by atoms with Crippen molar-refractivity contribution in [3.05, 3.63) is 35.4 Å². The van der Waals surface area contributed by atoms with Gasteiger partial charge in [0.15, 0.2) is 0 Å². The molecule has 0 atom stereocenters. The molecule has 1 aromatic carbocycles. The van der Waals surface area contributed by atoms with E-state index < -0.39 is 0 Å². The fourth-order valence-electron chi connectivity index (χ4n) is 1.26. The quantitative estimate of drug-likeness (QED) is 0.740. The van der Waals surface area contributed by atoms with Crippen molar-refractivity contribution in [2.75, 3.05) is 7.05 Å². The topological polar surface area (TPSA) is 12.0 Å². The van der Waals surface area contributed by atoms with Gasteiger partial charge in [0.05, 0.1) is 0 Å². The van der Waals surface area contributed by atoms with E-state index in [9.17, 15) is 0 Å². The lowest BCUT2D eigenvalue weighted by atomic mass is 10.1. The van der Waals surface area contributed by atoms with E-state index in [1.165, 1.54) is 12.0 Å². The smallest absolute Gasteiger partial charge is 0.106 e. The van der Waals surface area contributed by atoms with Crippen LogP contribution < -0.4 is 5.32 Å². The molecule has 1 aromatic rings. The van der Waals surface area contributed by atoms with E-state index in [2.05, 4.69) is 36.5 Å². The zero-order chi connectivity index (χ0) is 9.68. The molecule has 0 aromatic heterocycles. The van der Waals surface area contributed by atoms with Crippen molar-refractivity contribution in [2.45, 2.75) is 19.8 Å². The van der Waals surface area contributed by atoms with Crippen LogP contribution in [0.5, 0.6) is 0 Å². The van der Waals surface area contributed by atoms with Crippen LogP contribution in [0.3, 0.4) is 0 Å². The largest absolute Gasteiger partial charge is 0.379 e. The van der Waals surface area contributed by atoms with Gasteiger partial charge >= 0.3 is 0 Å². The zero-order valence-electron chi connectivity index (χ0n) is 8.13. The van der Waals surface area contributed by atoms with Crippen molar-refractivity contribution >= 4 is 17.2 Å². The second-order valence-corrected chi connectivity index (χ2v) is 3.43. The van der Waals surface area contributed by atoms with Crippen molar-refractivity contribution in [3.8, 4) is 0 Å². The van der Waals surface area contributed by atoms with Gasteiger partial charge in [-0.2, -0.15) is 0 Å². The summed E-state index contributed by atoms with van der Waals surface area (Å²) in [7, 11) is 1.85. The van der Waals surface area contributed by atoms with Crippen molar-refractivity contribution in [1.29, 1.82) is 0 Å². The third-order valence-electron chi connectivity index (χ3n) is 1.98. The Balaban J connectivity index is 2.75. The molecule has 1 N–H and O–H groups in total. The first-order valence-corrected chi connectivity index (χ1v) is 4.99. The van der Waals surface area contributed by atoms with Crippen molar-refractivity contribution in [1.82, 2.24) is 5.32 Å². The summed E-state index contributed by atoms with van der Waals surface area (Å²) in [5, 5.41) is 2.96. The number of hydrogen-bond donors (Lipinski definition) is 1. The highest BCUT2D eigenvalue weighted by Crippen LogP contribution is 2.06. The number of thiocarbonyl (C=S) groups is 1. The molecular formula is C11H15NS. The average Bonchev–Trinajstić information content (AvgIpc) is 2.18. The number of benzene rings is 1. The van der Waals surface area contributed by atoms with E-state index in [0.29, 0.717) is 0 Å². The van der Waals surface area contributed by atoms with Gasteiger partial charge in [-0.15, -0.1) is 0 Å². The highest BCUT2D eigenvalue weighted by Gasteiger charge is 1.97. The molecule has 0 aliphatic rings. The number of hydrogen-bond acceptors (Lipinski definition) is 1. The summed E-state index contributed by atoms with van der Waals surface area (Å²) < 4.78 is 0. The van der Waals surface area contributed by atoms with E-state index in [1.807, 2.05) is 7.05 Å². The molecule has 0 aliphatic heterocycles. The molecule has 0 amide bonds. The Kier molecular flexibility index (Phi) is 3.90. The van der Waals surface area contributed by atoms with Gasteiger partial charge in [-0.05, 0) is 12.0 Å². The first-order valence-electron chi connectivity index (χ1n) is 4.59. The van der Waals surface area contributed by atoms with Crippen molar-refractivity contribution in [3.63, 3.8) is 0 Å². The maximum absolute atomic E-state index is 5.12. The van der Waals surface area contributed by atoms with Crippen LogP contribution in [0.1, 0.15) is 24.5 Å². The Morgan fingerprint density at radius 2 is 1.92 bits per heavy atom. The molecule has 0 saturated carbocycles. The third kappa shape index (κ3) is 2.81. The van der Waals surface area contributed by atoms with E-state index in [-0.39, 0.29) is 0 Å². The summed E-state index contributed by atoms with van der Waals surface area (Å²) in [5.74, 6) is 0. The maximum atomic E-state index is 5.12. The number of rotatable bonds is 3. The molecule has 0 heterocycles. The lowest BCUT2D eigenvalue weighted by molar-refractivity contribution is 0.922. The fraction of sp³-hybridized carbons (Fsp3) is 0.364. The molecule has 2 heteroatoms. The maximum Gasteiger partial charge on any atom is 0.106 e. The first-order chi connectivity index (χ1) is 6.27. The molecule has 1 nitrogen and oxygen atoms in total. The summed E-state index contributed by atoms with van der Waals surface area (Å²) in [6, 6.07) is 8.43. The van der Waals surface area contributed by atoms with Crippen molar-refractivity contribution in [2.24, 2.45) is 0 Å². The molecule has 0 radical (unpaired) electrons. The van der Waals surface area contributed by atoms with Crippen molar-refractivity contribution < 1.29 is 0 Å². The lowest BCUT2D eigenvalue weighted by Crippen LogP contribution is -2.16. The minimum absolute atomic E-state index is 0.808. The molecular weight excluding hydrogens is 178 g/mol. The zero-order valence-corrected chi connectivity index (χ0v) is 8.95. The molecule has 70 valence electrons. The van der Waals surface area contributed by atoms with Crippen LogP contribution in [-0.2, 0) is 6.42 Å². The van der Waals surface area contributed by atoms with Crippen LogP contribution in [-0.4, -0.2) is 12.0 Å². The monoisotopic (exact) mass is 193 g/mol. The summed E-state index contributed by atoms with van der Waals surface area (Å²) in [6.45, 7) is 2.19. The first kappa shape index (κ1) is 10.2. The average molecular weight is 193 g/mol. The molecule has 0 aliphatic carbocycles. The molecule has 0 bridgehead atoms. The SMILES string of the molecule is CCCc1ccc(C(=S)NC)cc1. The minimum atomic E-state index is 0.808. The molecule has 0 fully saturated rings. The van der Waals surface area contributed by atoms with Gasteiger partial charge in [-0.3, -0.25) is 0 Å². The van der Waals surface area contributed by atoms with E-state index in [1.54, 1.807) is 0 Å². The van der Waals surface area contributed by atoms with Crippen LogP contribution in [0.15, 0.2) is 24.3 Å². The highest BCUT2D eigenvalue weighted by atomic mass is 32.1. The third-order valence-corrected chi connectivity index (χ3v) is 2.42. The Morgan fingerprint density at radius 1 is 1.31 bits per heavy atom. The van der Waals surface area contributed by atoms with Crippen LogP contribution in [0, 0.1) is 0 Å². The molecule has 0 unspecified atom stereocenters. The Bertz CT molecular complexity index is 277. The van der Waals surface area contributed by atoms with Gasteiger partial charge in [0.1, 0.15) is 4.99 Å². The summed E-state index contributed by atoms with van der Waals surface area (Å²) >= 11 is 5.12. The normalized spacial score (nSPS) is 9.69. The summed E-state index contributed by atoms with van der Waals surface area (Å²) in [5.41, 5.74) is 2.47. The Hall–Kier alpha value is -0.890. The van der Waals surface area contributed by atoms with Crippen LogP contribution >= 0.6 is 12.2 Å². The van der Waals surface area contributed by atoms with Gasteiger partial charge < -0.3 is 5.32 Å². The van der Waals surface area contributed by atoms with E-state index >= 15 is 0 Å². The Morgan fingerprint density at radius 3 is 2.38 bits per heavy atom. The standard InChI is InChI=1S/C11H15NS/c1-3-4-9-5-7-10(8-6-9)11(13)12-2/h5-8H,3-4H2,1-2H3,(H,12,13). The lowest BCUT2D eigenvalue weighted by Gasteiger charge is -2.03. The minimum Gasteiger partial charge on any atom is -0.379 e. The molecule has 1 rings (SSSR count). The van der Waals surface area contributed by atoms with Gasteiger partial charge in [-0.25, -0.2) is 0 Å². The second kappa shape index (κ2) is 4.97. The number of aryl methyl sites for hydroxylation is 1. The molecule has 13 heavy (non-hydrogen) atoms. The van der Waals surface area contributed by atoms with Crippen LogP contribution in [0.2, 0.25) is 0 Å². The van der Waals surface area contributed by atoms with Gasteiger partial charge in [0, 0.05) is 12.6 Å². The molecule has 0 spiro atoms. The number of nitrogens with one attached hydrogen (secondary N) is 1. The van der Waals surface area contributed by atoms with Gasteiger partial charge in [0.25, 0.3) is 0 Å². The fourth-order valence-corrected chi connectivity index (χ4v) is 1.39. The van der Waals surface area contributed by atoms with Gasteiger partial charge in [0.2, 0.25) is 0 Å². The summed E-state index contributed by atoms with van der Waals surface area (Å²) in [6.07, 6.45) is 2.34. The van der Waals surface area contributed by atoms with Gasteiger partial charge in [-0.1, -0.05) is 49.8 Å². The summed E-state index contributed by atoms with van der Waals surface area (Å²) in [4.78, 5) is 0.808. The Labute approximate surface area is 85.2 Å². The predicted molar refractivity (Wildman–Crippen MR) is 61.2 cm³/mol. The second-order valence-electron chi connectivity index (χ2n) is 3.03. The molecule has 0 saturated heterocycles. The highest BCUT2D eigenvalue weighted by molar-refractivity contribution is 7.80.